The third-order valence-electron chi connectivity index (χ3n) is 4.78. The van der Waals surface area contributed by atoms with Crippen molar-refractivity contribution in [2.45, 2.75) is 24.7 Å². The van der Waals surface area contributed by atoms with E-state index >= 15 is 4.39 Å². The van der Waals surface area contributed by atoms with Crippen molar-refractivity contribution >= 4 is 34.5 Å². The first-order chi connectivity index (χ1) is 14.4. The standard InChI is InChI=1S/C23H20F2N4S/c1-13(2)14-4-3-5-17(11-14)30-29-20-9-7-18(24)21(22(20)25)15-6-8-19-16(10-15)12-27-23(26)28-19/h3-13,29H,1-2H3,(H2,26,27,28). The number of hydrogen-bond donors (Lipinski definition) is 2. The minimum Gasteiger partial charge on any atom is -0.368 e. The number of fused-ring (bicyclic) bond motifs is 1. The number of halogens is 2. The molecule has 1 heterocycles. The van der Waals surface area contributed by atoms with Crippen LogP contribution in [-0.2, 0) is 0 Å². The zero-order chi connectivity index (χ0) is 21.3. The average Bonchev–Trinajstić information content (AvgIpc) is 2.73. The van der Waals surface area contributed by atoms with Gasteiger partial charge in [-0.2, -0.15) is 0 Å². The Labute approximate surface area is 177 Å². The Balaban J connectivity index is 1.65. The monoisotopic (exact) mass is 422 g/mol. The van der Waals surface area contributed by atoms with Crippen molar-refractivity contribution in [2.75, 3.05) is 10.5 Å². The lowest BCUT2D eigenvalue weighted by molar-refractivity contribution is 0.592. The summed E-state index contributed by atoms with van der Waals surface area (Å²) in [4.78, 5) is 9.02. The maximum atomic E-state index is 15.2. The third-order valence-corrected chi connectivity index (χ3v) is 5.59. The van der Waals surface area contributed by atoms with Crippen LogP contribution in [0.25, 0.3) is 22.0 Å². The number of nitrogen functional groups attached to an aromatic ring is 1. The molecule has 0 spiro atoms. The molecule has 4 rings (SSSR count). The van der Waals surface area contributed by atoms with Gasteiger partial charge in [0.15, 0.2) is 5.82 Å². The molecule has 3 aromatic carbocycles. The molecule has 0 radical (unpaired) electrons. The number of nitrogens with one attached hydrogen (secondary N) is 1. The molecule has 0 saturated carbocycles. The normalized spacial score (nSPS) is 11.2. The summed E-state index contributed by atoms with van der Waals surface area (Å²) >= 11 is 1.29. The van der Waals surface area contributed by atoms with Crippen LogP contribution in [0.3, 0.4) is 0 Å². The van der Waals surface area contributed by atoms with Crippen LogP contribution >= 0.6 is 11.9 Å². The van der Waals surface area contributed by atoms with Crippen molar-refractivity contribution < 1.29 is 8.78 Å². The highest BCUT2D eigenvalue weighted by molar-refractivity contribution is 8.00. The minimum absolute atomic E-state index is 0.102. The van der Waals surface area contributed by atoms with Crippen molar-refractivity contribution in [1.82, 2.24) is 9.97 Å². The lowest BCUT2D eigenvalue weighted by Crippen LogP contribution is -1.98. The molecule has 4 aromatic rings. The highest BCUT2D eigenvalue weighted by Crippen LogP contribution is 2.34. The maximum Gasteiger partial charge on any atom is 0.220 e. The van der Waals surface area contributed by atoms with Crippen LogP contribution in [0.15, 0.2) is 65.7 Å². The van der Waals surface area contributed by atoms with Crippen LogP contribution in [0.1, 0.15) is 25.3 Å². The van der Waals surface area contributed by atoms with Crippen molar-refractivity contribution in [1.29, 1.82) is 0 Å². The molecule has 7 heteroatoms. The quantitative estimate of drug-likeness (QED) is 0.364. The summed E-state index contributed by atoms with van der Waals surface area (Å²) in [6, 6.07) is 15.6. The summed E-state index contributed by atoms with van der Waals surface area (Å²) in [5.41, 5.74) is 7.91. The van der Waals surface area contributed by atoms with Gasteiger partial charge < -0.3 is 10.5 Å². The van der Waals surface area contributed by atoms with E-state index in [0.29, 0.717) is 22.4 Å². The van der Waals surface area contributed by atoms with Gasteiger partial charge in [0.05, 0.1) is 16.8 Å². The van der Waals surface area contributed by atoms with Crippen molar-refractivity contribution in [3.8, 4) is 11.1 Å². The maximum absolute atomic E-state index is 15.2. The molecule has 0 unspecified atom stereocenters. The number of hydrogen-bond acceptors (Lipinski definition) is 5. The van der Waals surface area contributed by atoms with Gasteiger partial charge in [-0.3, -0.25) is 0 Å². The molecular formula is C23H20F2N4S. The van der Waals surface area contributed by atoms with E-state index < -0.39 is 11.6 Å². The molecular weight excluding hydrogens is 402 g/mol. The van der Waals surface area contributed by atoms with Gasteiger partial charge in [0.25, 0.3) is 0 Å². The summed E-state index contributed by atoms with van der Waals surface area (Å²) in [6.45, 7) is 4.23. The summed E-state index contributed by atoms with van der Waals surface area (Å²) < 4.78 is 32.8. The highest BCUT2D eigenvalue weighted by atomic mass is 32.2. The number of nitrogens with zero attached hydrogens (tertiary/aromatic N) is 2. The van der Waals surface area contributed by atoms with Crippen LogP contribution in [0.5, 0.6) is 0 Å². The lowest BCUT2D eigenvalue weighted by atomic mass is 10.0. The van der Waals surface area contributed by atoms with Gasteiger partial charge in [-0.05, 0) is 65.4 Å². The number of benzene rings is 3. The third kappa shape index (κ3) is 4.07. The fourth-order valence-electron chi connectivity index (χ4n) is 3.15. The topological polar surface area (TPSA) is 63.8 Å². The first kappa shape index (κ1) is 20.1. The number of anilines is 2. The van der Waals surface area contributed by atoms with Crippen LogP contribution in [0.2, 0.25) is 0 Å². The van der Waals surface area contributed by atoms with Gasteiger partial charge in [0.1, 0.15) is 5.82 Å². The second-order valence-corrected chi connectivity index (χ2v) is 8.10. The van der Waals surface area contributed by atoms with E-state index in [1.165, 1.54) is 35.8 Å². The fourth-order valence-corrected chi connectivity index (χ4v) is 3.88. The summed E-state index contributed by atoms with van der Waals surface area (Å²) in [5, 5.41) is 0.652. The smallest absolute Gasteiger partial charge is 0.220 e. The van der Waals surface area contributed by atoms with E-state index in [0.717, 1.165) is 4.90 Å². The lowest BCUT2D eigenvalue weighted by Gasteiger charge is -2.13. The van der Waals surface area contributed by atoms with Gasteiger partial charge >= 0.3 is 0 Å². The molecule has 1 aromatic heterocycles. The van der Waals surface area contributed by atoms with Gasteiger partial charge in [0, 0.05) is 16.5 Å². The van der Waals surface area contributed by atoms with E-state index in [9.17, 15) is 4.39 Å². The molecule has 0 aliphatic carbocycles. The van der Waals surface area contributed by atoms with E-state index in [1.54, 1.807) is 18.2 Å². The molecule has 0 aliphatic heterocycles. The van der Waals surface area contributed by atoms with Crippen molar-refractivity contribution in [2.24, 2.45) is 0 Å². The van der Waals surface area contributed by atoms with Gasteiger partial charge in [-0.1, -0.05) is 32.0 Å². The number of aromatic nitrogens is 2. The summed E-state index contributed by atoms with van der Waals surface area (Å²) in [7, 11) is 0. The Kier molecular flexibility index (Phi) is 5.55. The molecule has 152 valence electrons. The highest BCUT2D eigenvalue weighted by Gasteiger charge is 2.16. The van der Waals surface area contributed by atoms with E-state index in [-0.39, 0.29) is 17.2 Å². The van der Waals surface area contributed by atoms with Gasteiger partial charge in [0.2, 0.25) is 5.95 Å². The Bertz CT molecular complexity index is 1230. The SMILES string of the molecule is CC(C)c1cccc(SNc2ccc(F)c(-c3ccc4nc(N)ncc4c3)c2F)c1. The van der Waals surface area contributed by atoms with Crippen molar-refractivity contribution in [3.05, 3.63) is 78.0 Å². The zero-order valence-electron chi connectivity index (χ0n) is 16.5. The second-order valence-electron chi connectivity index (χ2n) is 7.22. The largest absolute Gasteiger partial charge is 0.368 e. The molecule has 0 aliphatic rings. The van der Waals surface area contributed by atoms with E-state index in [1.807, 2.05) is 12.1 Å². The number of nitrogens with two attached hydrogens (primary N) is 1. The van der Waals surface area contributed by atoms with Gasteiger partial charge in [-0.25, -0.2) is 18.7 Å². The predicted octanol–water partition coefficient (Wildman–Crippen LogP) is 6.40. The second kappa shape index (κ2) is 8.28. The molecule has 30 heavy (non-hydrogen) atoms. The molecule has 0 saturated heterocycles. The Morgan fingerprint density at radius 1 is 1.03 bits per heavy atom. The van der Waals surface area contributed by atoms with Crippen molar-refractivity contribution in [3.63, 3.8) is 0 Å². The first-order valence-corrected chi connectivity index (χ1v) is 10.3. The Morgan fingerprint density at radius 3 is 2.67 bits per heavy atom. The molecule has 4 nitrogen and oxygen atoms in total. The average molecular weight is 423 g/mol. The molecule has 0 atom stereocenters. The van der Waals surface area contributed by atoms with Crippen LogP contribution in [0, 0.1) is 11.6 Å². The molecule has 0 amide bonds. The Morgan fingerprint density at radius 2 is 1.87 bits per heavy atom. The zero-order valence-corrected chi connectivity index (χ0v) is 17.3. The molecule has 3 N–H and O–H groups in total. The predicted molar refractivity (Wildman–Crippen MR) is 119 cm³/mol. The minimum atomic E-state index is -0.654. The molecule has 0 fully saturated rings. The van der Waals surface area contributed by atoms with Crippen LogP contribution in [-0.4, -0.2) is 9.97 Å². The summed E-state index contributed by atoms with van der Waals surface area (Å²) in [6.07, 6.45) is 1.54. The van der Waals surface area contributed by atoms with Crippen LogP contribution < -0.4 is 10.5 Å². The fraction of sp³-hybridized carbons (Fsp3) is 0.130. The van der Waals surface area contributed by atoms with E-state index in [2.05, 4.69) is 40.7 Å². The van der Waals surface area contributed by atoms with Gasteiger partial charge in [-0.15, -0.1) is 0 Å². The van der Waals surface area contributed by atoms with E-state index in [4.69, 9.17) is 5.73 Å². The molecule has 0 bridgehead atoms. The first-order valence-electron chi connectivity index (χ1n) is 9.46. The summed E-state index contributed by atoms with van der Waals surface area (Å²) in [5.74, 6) is -0.747. The van der Waals surface area contributed by atoms with Crippen LogP contribution in [0.4, 0.5) is 20.4 Å². The number of rotatable bonds is 5. The Hall–Kier alpha value is -3.19.